The third kappa shape index (κ3) is 4.42. The van der Waals surface area contributed by atoms with Crippen molar-refractivity contribution in [3.8, 4) is 0 Å². The molecule has 1 atom stereocenters. The zero-order valence-electron chi connectivity index (χ0n) is 13.2. The lowest BCUT2D eigenvalue weighted by molar-refractivity contribution is 0.122. The van der Waals surface area contributed by atoms with Gasteiger partial charge in [0.1, 0.15) is 0 Å². The number of ether oxygens (including phenoxy) is 1. The van der Waals surface area contributed by atoms with E-state index in [1.165, 1.54) is 0 Å². The summed E-state index contributed by atoms with van der Waals surface area (Å²) in [7, 11) is 1.82. The molecule has 0 bridgehead atoms. The second kappa shape index (κ2) is 7.97. The SMILES string of the molecule is CCCC(CC)Nc1nc(NC)nc(N2CCOCC2)n1. The maximum atomic E-state index is 5.38. The highest BCUT2D eigenvalue weighted by Crippen LogP contribution is 2.16. The van der Waals surface area contributed by atoms with Crippen LogP contribution in [0, 0.1) is 0 Å². The molecule has 0 spiro atoms. The predicted octanol–water partition coefficient (Wildman–Crippen LogP) is 1.74. The summed E-state index contributed by atoms with van der Waals surface area (Å²) < 4.78 is 5.38. The minimum atomic E-state index is 0.402. The van der Waals surface area contributed by atoms with Crippen LogP contribution in [0.2, 0.25) is 0 Å². The molecule has 1 aliphatic rings. The molecule has 1 aromatic heterocycles. The average Bonchev–Trinajstić information content (AvgIpc) is 2.55. The van der Waals surface area contributed by atoms with Crippen molar-refractivity contribution in [3.63, 3.8) is 0 Å². The molecule has 0 radical (unpaired) electrons. The molecule has 0 amide bonds. The first-order valence-electron chi connectivity index (χ1n) is 7.79. The van der Waals surface area contributed by atoms with Crippen LogP contribution < -0.4 is 15.5 Å². The summed E-state index contributed by atoms with van der Waals surface area (Å²) in [6.07, 6.45) is 3.32. The highest BCUT2D eigenvalue weighted by Gasteiger charge is 2.17. The van der Waals surface area contributed by atoms with Gasteiger partial charge in [-0.1, -0.05) is 20.3 Å². The van der Waals surface area contributed by atoms with E-state index < -0.39 is 0 Å². The van der Waals surface area contributed by atoms with Gasteiger partial charge in [0.05, 0.1) is 13.2 Å². The van der Waals surface area contributed by atoms with Gasteiger partial charge in [-0.2, -0.15) is 15.0 Å². The van der Waals surface area contributed by atoms with Crippen LogP contribution in [-0.4, -0.2) is 54.3 Å². The molecule has 1 fully saturated rings. The van der Waals surface area contributed by atoms with Gasteiger partial charge in [-0.25, -0.2) is 0 Å². The van der Waals surface area contributed by atoms with Crippen molar-refractivity contribution in [3.05, 3.63) is 0 Å². The fourth-order valence-electron chi connectivity index (χ4n) is 2.36. The number of hydrogen-bond acceptors (Lipinski definition) is 7. The van der Waals surface area contributed by atoms with Gasteiger partial charge in [0.15, 0.2) is 0 Å². The molecule has 2 N–H and O–H groups in total. The van der Waals surface area contributed by atoms with Crippen LogP contribution >= 0.6 is 0 Å². The van der Waals surface area contributed by atoms with Gasteiger partial charge in [0.25, 0.3) is 0 Å². The molecular weight excluding hydrogens is 268 g/mol. The van der Waals surface area contributed by atoms with Crippen molar-refractivity contribution >= 4 is 17.8 Å². The van der Waals surface area contributed by atoms with Crippen LogP contribution in [0.25, 0.3) is 0 Å². The normalized spacial score (nSPS) is 16.6. The van der Waals surface area contributed by atoms with Gasteiger partial charge in [-0.05, 0) is 12.8 Å². The zero-order valence-corrected chi connectivity index (χ0v) is 13.2. The van der Waals surface area contributed by atoms with Crippen LogP contribution in [0.4, 0.5) is 17.8 Å². The Bertz CT molecular complexity index is 435. The smallest absolute Gasteiger partial charge is 0.232 e. The Balaban J connectivity index is 2.16. The third-order valence-corrected chi connectivity index (χ3v) is 3.60. The van der Waals surface area contributed by atoms with E-state index in [-0.39, 0.29) is 0 Å². The van der Waals surface area contributed by atoms with Gasteiger partial charge in [0.2, 0.25) is 17.8 Å². The number of hydrogen-bond donors (Lipinski definition) is 2. The molecule has 7 nitrogen and oxygen atoms in total. The van der Waals surface area contributed by atoms with Gasteiger partial charge in [-0.3, -0.25) is 0 Å². The Morgan fingerprint density at radius 2 is 1.86 bits per heavy atom. The van der Waals surface area contributed by atoms with Gasteiger partial charge in [-0.15, -0.1) is 0 Å². The minimum absolute atomic E-state index is 0.402. The average molecular weight is 294 g/mol. The maximum absolute atomic E-state index is 5.38. The van der Waals surface area contributed by atoms with E-state index in [0.29, 0.717) is 23.9 Å². The quantitative estimate of drug-likeness (QED) is 0.793. The molecule has 0 saturated carbocycles. The summed E-state index contributed by atoms with van der Waals surface area (Å²) in [5.74, 6) is 1.96. The van der Waals surface area contributed by atoms with Crippen LogP contribution in [0.1, 0.15) is 33.1 Å². The Kier molecular flexibility index (Phi) is 5.98. The fourth-order valence-corrected chi connectivity index (χ4v) is 2.36. The largest absolute Gasteiger partial charge is 0.378 e. The topological polar surface area (TPSA) is 75.2 Å². The standard InChI is InChI=1S/C14H26N6O/c1-4-6-11(5-2)16-13-17-12(15-3)18-14(19-13)20-7-9-21-10-8-20/h11H,4-10H2,1-3H3,(H2,15,16,17,18,19). The number of nitrogens with one attached hydrogen (secondary N) is 2. The summed E-state index contributed by atoms with van der Waals surface area (Å²) in [5.41, 5.74) is 0. The first-order valence-corrected chi connectivity index (χ1v) is 7.79. The minimum Gasteiger partial charge on any atom is -0.378 e. The lowest BCUT2D eigenvalue weighted by Crippen LogP contribution is -2.37. The molecule has 7 heteroatoms. The Hall–Kier alpha value is -1.63. The maximum Gasteiger partial charge on any atom is 0.232 e. The molecule has 1 aromatic rings. The monoisotopic (exact) mass is 294 g/mol. The summed E-state index contributed by atoms with van der Waals surface area (Å²) in [5, 5.41) is 6.43. The predicted molar refractivity (Wildman–Crippen MR) is 85.0 cm³/mol. The van der Waals surface area contributed by atoms with E-state index in [1.54, 1.807) is 0 Å². The number of morpholine rings is 1. The van der Waals surface area contributed by atoms with Gasteiger partial charge in [0, 0.05) is 26.2 Å². The Morgan fingerprint density at radius 3 is 2.48 bits per heavy atom. The van der Waals surface area contributed by atoms with Gasteiger partial charge < -0.3 is 20.3 Å². The molecule has 0 aliphatic carbocycles. The second-order valence-corrected chi connectivity index (χ2v) is 5.17. The summed E-state index contributed by atoms with van der Waals surface area (Å²) in [6, 6.07) is 0.402. The van der Waals surface area contributed by atoms with Crippen molar-refractivity contribution in [1.82, 2.24) is 15.0 Å². The molecule has 1 unspecified atom stereocenters. The fraction of sp³-hybridized carbons (Fsp3) is 0.786. The molecular formula is C14H26N6O. The third-order valence-electron chi connectivity index (χ3n) is 3.60. The molecule has 1 saturated heterocycles. The van der Waals surface area contributed by atoms with E-state index in [9.17, 15) is 0 Å². The number of aromatic nitrogens is 3. The number of nitrogens with zero attached hydrogens (tertiary/aromatic N) is 4. The van der Waals surface area contributed by atoms with E-state index in [1.807, 2.05) is 7.05 Å². The van der Waals surface area contributed by atoms with Crippen molar-refractivity contribution in [2.45, 2.75) is 39.2 Å². The molecule has 0 aromatic carbocycles. The highest BCUT2D eigenvalue weighted by atomic mass is 16.5. The van der Waals surface area contributed by atoms with Crippen molar-refractivity contribution < 1.29 is 4.74 Å². The van der Waals surface area contributed by atoms with Crippen molar-refractivity contribution in [2.24, 2.45) is 0 Å². The van der Waals surface area contributed by atoms with E-state index >= 15 is 0 Å². The van der Waals surface area contributed by atoms with Crippen LogP contribution in [0.3, 0.4) is 0 Å². The number of rotatable bonds is 7. The molecule has 1 aliphatic heterocycles. The first kappa shape index (κ1) is 15.8. The van der Waals surface area contributed by atoms with Crippen molar-refractivity contribution in [2.75, 3.05) is 48.9 Å². The zero-order chi connectivity index (χ0) is 15.1. The van der Waals surface area contributed by atoms with E-state index in [4.69, 9.17) is 4.74 Å². The van der Waals surface area contributed by atoms with Crippen LogP contribution in [0.15, 0.2) is 0 Å². The first-order chi connectivity index (χ1) is 10.3. The Morgan fingerprint density at radius 1 is 1.14 bits per heavy atom. The van der Waals surface area contributed by atoms with Gasteiger partial charge >= 0.3 is 0 Å². The highest BCUT2D eigenvalue weighted by molar-refractivity contribution is 5.44. The summed E-state index contributed by atoms with van der Waals surface area (Å²) in [6.45, 7) is 7.44. The summed E-state index contributed by atoms with van der Waals surface area (Å²) in [4.78, 5) is 15.6. The van der Waals surface area contributed by atoms with Crippen molar-refractivity contribution in [1.29, 1.82) is 0 Å². The van der Waals surface area contributed by atoms with E-state index in [2.05, 4.69) is 44.3 Å². The molecule has 118 valence electrons. The van der Waals surface area contributed by atoms with Crippen LogP contribution in [-0.2, 0) is 4.74 Å². The number of anilines is 3. The van der Waals surface area contributed by atoms with Crippen LogP contribution in [0.5, 0.6) is 0 Å². The Labute approximate surface area is 126 Å². The van der Waals surface area contributed by atoms with E-state index in [0.717, 1.165) is 45.6 Å². The summed E-state index contributed by atoms with van der Waals surface area (Å²) >= 11 is 0. The lowest BCUT2D eigenvalue weighted by Gasteiger charge is -2.27. The molecule has 21 heavy (non-hydrogen) atoms. The second-order valence-electron chi connectivity index (χ2n) is 5.17. The molecule has 2 heterocycles. The lowest BCUT2D eigenvalue weighted by atomic mass is 10.1. The molecule has 2 rings (SSSR count).